The SMILES string of the molecule is CC(=O)O/N=C1\C[C@H](C)C[C@@H]([Si](C)(C)c2ccccc2)C1[C@H](C)CCCC(C)C. The Kier molecular flexibility index (Phi) is 8.68. The van der Waals surface area contributed by atoms with E-state index in [0.29, 0.717) is 23.3 Å². The monoisotopic (exact) mass is 415 g/mol. The summed E-state index contributed by atoms with van der Waals surface area (Å²) in [5, 5.41) is 5.94. The summed E-state index contributed by atoms with van der Waals surface area (Å²) >= 11 is 0. The Morgan fingerprint density at radius 1 is 1.17 bits per heavy atom. The Morgan fingerprint density at radius 3 is 2.41 bits per heavy atom. The molecule has 1 saturated carbocycles. The highest BCUT2D eigenvalue weighted by Gasteiger charge is 2.46. The summed E-state index contributed by atoms with van der Waals surface area (Å²) in [6, 6.07) is 11.1. The van der Waals surface area contributed by atoms with Crippen LogP contribution in [0, 0.1) is 23.7 Å². The molecule has 0 aromatic heterocycles. The van der Waals surface area contributed by atoms with Gasteiger partial charge >= 0.3 is 5.97 Å². The summed E-state index contributed by atoms with van der Waals surface area (Å²) < 4.78 is 0. The Morgan fingerprint density at radius 2 is 1.83 bits per heavy atom. The second kappa shape index (κ2) is 10.6. The molecule has 2 rings (SSSR count). The van der Waals surface area contributed by atoms with E-state index < -0.39 is 8.07 Å². The van der Waals surface area contributed by atoms with E-state index in [9.17, 15) is 4.79 Å². The molecule has 1 aliphatic rings. The van der Waals surface area contributed by atoms with Gasteiger partial charge in [0, 0.05) is 12.8 Å². The van der Waals surface area contributed by atoms with Gasteiger partial charge in [0.15, 0.2) is 0 Å². The lowest BCUT2D eigenvalue weighted by atomic mass is 9.73. The summed E-state index contributed by atoms with van der Waals surface area (Å²) in [7, 11) is -1.73. The highest BCUT2D eigenvalue weighted by molar-refractivity contribution is 6.91. The Labute approximate surface area is 179 Å². The summed E-state index contributed by atoms with van der Waals surface area (Å²) in [5.41, 5.74) is 1.73. The van der Waals surface area contributed by atoms with Crippen LogP contribution in [0.5, 0.6) is 0 Å². The van der Waals surface area contributed by atoms with Crippen molar-refractivity contribution < 1.29 is 9.63 Å². The molecule has 0 radical (unpaired) electrons. The number of benzene rings is 1. The van der Waals surface area contributed by atoms with Crippen molar-refractivity contribution in [2.45, 2.75) is 85.4 Å². The van der Waals surface area contributed by atoms with Crippen LogP contribution < -0.4 is 5.19 Å². The van der Waals surface area contributed by atoms with Crippen LogP contribution in [0.1, 0.15) is 66.7 Å². The van der Waals surface area contributed by atoms with Gasteiger partial charge in [-0.1, -0.05) is 101 Å². The molecule has 1 aliphatic carbocycles. The van der Waals surface area contributed by atoms with Crippen molar-refractivity contribution >= 4 is 24.9 Å². The third-order valence-electron chi connectivity index (χ3n) is 6.82. The lowest BCUT2D eigenvalue weighted by Crippen LogP contribution is -2.53. The molecule has 4 atom stereocenters. The largest absolute Gasteiger partial charge is 0.331 e. The standard InChI is InChI=1S/C25H41NO2Si/c1-18(2)12-11-13-20(4)25-23(26-28-21(5)27)16-19(3)17-24(25)29(6,7)22-14-9-8-10-15-22/h8-10,14-15,18-20,24-25H,11-13,16-17H2,1-7H3/b26-23+/t19-,20+,24+,25?/m0/s1. The van der Waals surface area contributed by atoms with E-state index in [-0.39, 0.29) is 5.97 Å². The number of oxime groups is 1. The van der Waals surface area contributed by atoms with Gasteiger partial charge in [0.05, 0.1) is 13.8 Å². The summed E-state index contributed by atoms with van der Waals surface area (Å²) in [6.45, 7) is 15.8. The van der Waals surface area contributed by atoms with E-state index in [1.165, 1.54) is 37.8 Å². The van der Waals surface area contributed by atoms with Crippen LogP contribution in [0.2, 0.25) is 18.6 Å². The number of hydrogen-bond acceptors (Lipinski definition) is 3. The molecule has 0 N–H and O–H groups in total. The zero-order valence-corrected chi connectivity index (χ0v) is 20.6. The van der Waals surface area contributed by atoms with Crippen molar-refractivity contribution in [2.24, 2.45) is 28.8 Å². The molecule has 0 aliphatic heterocycles. The van der Waals surface area contributed by atoms with Crippen molar-refractivity contribution in [3.63, 3.8) is 0 Å². The summed E-state index contributed by atoms with van der Waals surface area (Å²) in [4.78, 5) is 16.7. The Hall–Kier alpha value is -1.42. The summed E-state index contributed by atoms with van der Waals surface area (Å²) in [6.07, 6.45) is 5.93. The third kappa shape index (κ3) is 6.53. The summed E-state index contributed by atoms with van der Waals surface area (Å²) in [5.74, 6) is 1.95. The zero-order valence-electron chi connectivity index (χ0n) is 19.6. The van der Waals surface area contributed by atoms with Gasteiger partial charge in [-0.2, -0.15) is 0 Å². The first kappa shape index (κ1) is 23.9. The Bertz CT molecular complexity index is 683. The predicted molar refractivity (Wildman–Crippen MR) is 126 cm³/mol. The number of rotatable bonds is 8. The van der Waals surface area contributed by atoms with Crippen molar-refractivity contribution in [1.29, 1.82) is 0 Å². The fraction of sp³-hybridized carbons (Fsp3) is 0.680. The van der Waals surface area contributed by atoms with Gasteiger partial charge in [-0.05, 0) is 36.1 Å². The van der Waals surface area contributed by atoms with Crippen molar-refractivity contribution in [1.82, 2.24) is 0 Å². The average Bonchev–Trinajstić information content (AvgIpc) is 2.66. The predicted octanol–water partition coefficient (Wildman–Crippen LogP) is 6.40. The van der Waals surface area contributed by atoms with Gasteiger partial charge in [0.25, 0.3) is 0 Å². The van der Waals surface area contributed by atoms with Crippen LogP contribution in [-0.2, 0) is 9.63 Å². The third-order valence-corrected chi connectivity index (χ3v) is 11.1. The first-order chi connectivity index (χ1) is 13.6. The normalized spacial score (nSPS) is 25.2. The highest BCUT2D eigenvalue weighted by Crippen LogP contribution is 2.47. The minimum atomic E-state index is -1.73. The number of carbonyl (C=O) groups excluding carboxylic acids is 1. The van der Waals surface area contributed by atoms with Crippen molar-refractivity contribution in [3.8, 4) is 0 Å². The maximum absolute atomic E-state index is 11.5. The maximum atomic E-state index is 11.5. The second-order valence-electron chi connectivity index (χ2n) is 10.2. The van der Waals surface area contributed by atoms with E-state index in [1.54, 1.807) is 0 Å². The Balaban J connectivity index is 2.38. The van der Waals surface area contributed by atoms with E-state index in [2.05, 4.69) is 76.3 Å². The molecule has 0 bridgehead atoms. The average molecular weight is 416 g/mol. The molecule has 4 heteroatoms. The molecule has 0 heterocycles. The van der Waals surface area contributed by atoms with Crippen molar-refractivity contribution in [2.75, 3.05) is 0 Å². The molecular weight excluding hydrogens is 374 g/mol. The van der Waals surface area contributed by atoms with Gasteiger partial charge in [0.1, 0.15) is 0 Å². The van der Waals surface area contributed by atoms with E-state index in [4.69, 9.17) is 4.84 Å². The van der Waals surface area contributed by atoms with Gasteiger partial charge in [-0.15, -0.1) is 0 Å². The lowest BCUT2D eigenvalue weighted by molar-refractivity contribution is -0.141. The van der Waals surface area contributed by atoms with Crippen LogP contribution in [-0.4, -0.2) is 19.8 Å². The molecule has 29 heavy (non-hydrogen) atoms. The van der Waals surface area contributed by atoms with Crippen molar-refractivity contribution in [3.05, 3.63) is 30.3 Å². The van der Waals surface area contributed by atoms with Gasteiger partial charge in [0.2, 0.25) is 0 Å². The molecule has 3 nitrogen and oxygen atoms in total. The van der Waals surface area contributed by atoms with Gasteiger partial charge in [-0.3, -0.25) is 0 Å². The number of carbonyl (C=O) groups is 1. The topological polar surface area (TPSA) is 38.7 Å². The van der Waals surface area contributed by atoms with Gasteiger partial charge < -0.3 is 4.84 Å². The van der Waals surface area contributed by atoms with Crippen LogP contribution >= 0.6 is 0 Å². The minimum absolute atomic E-state index is 0.321. The molecule has 0 saturated heterocycles. The molecule has 1 aromatic carbocycles. The quantitative estimate of drug-likeness (QED) is 0.280. The lowest BCUT2D eigenvalue weighted by Gasteiger charge is -2.46. The molecule has 1 unspecified atom stereocenters. The van der Waals surface area contributed by atoms with Gasteiger partial charge in [-0.25, -0.2) is 4.79 Å². The van der Waals surface area contributed by atoms with Crippen LogP contribution in [0.25, 0.3) is 0 Å². The van der Waals surface area contributed by atoms with Crippen LogP contribution in [0.4, 0.5) is 0 Å². The first-order valence-electron chi connectivity index (χ1n) is 11.4. The molecule has 0 amide bonds. The van der Waals surface area contributed by atoms with E-state index in [1.807, 2.05) is 0 Å². The fourth-order valence-corrected chi connectivity index (χ4v) is 9.08. The number of hydrogen-bond donors (Lipinski definition) is 0. The second-order valence-corrected chi connectivity index (χ2v) is 15.0. The smallest absolute Gasteiger partial charge is 0.319 e. The first-order valence-corrected chi connectivity index (χ1v) is 14.5. The van der Waals surface area contributed by atoms with Crippen LogP contribution in [0.3, 0.4) is 0 Å². The molecule has 0 spiro atoms. The molecular formula is C25H41NO2Si. The number of nitrogens with zero attached hydrogens (tertiary/aromatic N) is 1. The zero-order chi connectivity index (χ0) is 21.6. The molecule has 1 fully saturated rings. The highest BCUT2D eigenvalue weighted by atomic mass is 28.3. The molecule has 162 valence electrons. The molecule has 1 aromatic rings. The minimum Gasteiger partial charge on any atom is -0.319 e. The maximum Gasteiger partial charge on any atom is 0.331 e. The van der Waals surface area contributed by atoms with Crippen LogP contribution in [0.15, 0.2) is 35.5 Å². The van der Waals surface area contributed by atoms with E-state index >= 15 is 0 Å². The fourth-order valence-electron chi connectivity index (χ4n) is 5.19. The van der Waals surface area contributed by atoms with E-state index in [0.717, 1.165) is 18.1 Å².